The molecule has 2 heterocycles. The van der Waals surface area contributed by atoms with Gasteiger partial charge in [0.25, 0.3) is 5.56 Å². The number of para-hydroxylation sites is 1. The predicted octanol–water partition coefficient (Wildman–Crippen LogP) is 1.17. The number of aromatic amines is 1. The summed E-state index contributed by atoms with van der Waals surface area (Å²) in [6.45, 7) is 3.08. The molecule has 0 saturated carbocycles. The zero-order chi connectivity index (χ0) is 19.6. The standard InChI is InChI=1S/C19H25N3O4S/c1-13-4-3-5-15-12-16(19(24)21-17(13)15)6-9-20-18(23)14-7-10-22(11-8-14)27(2,25)26/h3-5,12,14H,6-11H2,1-2H3,(H,20,23)(H,21,24). The maximum Gasteiger partial charge on any atom is 0.251 e. The second-order valence-corrected chi connectivity index (χ2v) is 9.12. The van der Waals surface area contributed by atoms with Crippen LogP contribution in [0.1, 0.15) is 24.0 Å². The van der Waals surface area contributed by atoms with Crippen LogP contribution in [0.3, 0.4) is 0 Å². The number of carbonyl (C=O) groups is 1. The van der Waals surface area contributed by atoms with E-state index in [1.54, 1.807) is 0 Å². The van der Waals surface area contributed by atoms with Gasteiger partial charge < -0.3 is 10.3 Å². The molecule has 2 aromatic rings. The van der Waals surface area contributed by atoms with Gasteiger partial charge in [-0.3, -0.25) is 9.59 Å². The fourth-order valence-corrected chi connectivity index (χ4v) is 4.40. The minimum absolute atomic E-state index is 0.0730. The number of aryl methyl sites for hydroxylation is 1. The van der Waals surface area contributed by atoms with Gasteiger partial charge in [0.1, 0.15) is 0 Å². The molecular formula is C19H25N3O4S. The number of sulfonamides is 1. The van der Waals surface area contributed by atoms with Crippen molar-refractivity contribution in [3.05, 3.63) is 45.7 Å². The first kappa shape index (κ1) is 19.6. The van der Waals surface area contributed by atoms with Crippen LogP contribution in [0.2, 0.25) is 0 Å². The van der Waals surface area contributed by atoms with Crippen LogP contribution in [0.5, 0.6) is 0 Å². The summed E-state index contributed by atoms with van der Waals surface area (Å²) < 4.78 is 24.5. The molecule has 146 valence electrons. The first-order valence-electron chi connectivity index (χ1n) is 9.10. The number of rotatable bonds is 5. The molecule has 0 unspecified atom stereocenters. The number of hydrogen-bond acceptors (Lipinski definition) is 4. The quantitative estimate of drug-likeness (QED) is 0.799. The smallest absolute Gasteiger partial charge is 0.251 e. The summed E-state index contributed by atoms with van der Waals surface area (Å²) in [5, 5.41) is 3.86. The molecular weight excluding hydrogens is 366 g/mol. The summed E-state index contributed by atoms with van der Waals surface area (Å²) in [4.78, 5) is 27.5. The van der Waals surface area contributed by atoms with Crippen molar-refractivity contribution in [1.82, 2.24) is 14.6 Å². The number of pyridine rings is 1. The number of nitrogens with one attached hydrogen (secondary N) is 2. The minimum Gasteiger partial charge on any atom is -0.356 e. The van der Waals surface area contributed by atoms with E-state index in [0.29, 0.717) is 44.5 Å². The number of fused-ring (bicyclic) bond motifs is 1. The van der Waals surface area contributed by atoms with E-state index in [9.17, 15) is 18.0 Å². The number of nitrogens with zero attached hydrogens (tertiary/aromatic N) is 1. The number of amides is 1. The monoisotopic (exact) mass is 391 g/mol. The molecule has 27 heavy (non-hydrogen) atoms. The molecule has 8 heteroatoms. The Morgan fingerprint density at radius 3 is 2.67 bits per heavy atom. The van der Waals surface area contributed by atoms with Crippen molar-refractivity contribution in [3.8, 4) is 0 Å². The fraction of sp³-hybridized carbons (Fsp3) is 0.474. The van der Waals surface area contributed by atoms with E-state index in [1.165, 1.54) is 10.6 Å². The summed E-state index contributed by atoms with van der Waals surface area (Å²) in [6, 6.07) is 7.73. The predicted molar refractivity (Wildman–Crippen MR) is 105 cm³/mol. The molecule has 7 nitrogen and oxygen atoms in total. The van der Waals surface area contributed by atoms with Crippen LogP contribution in [0.25, 0.3) is 10.9 Å². The molecule has 1 saturated heterocycles. The van der Waals surface area contributed by atoms with Gasteiger partial charge in [0.2, 0.25) is 15.9 Å². The average Bonchev–Trinajstić information content (AvgIpc) is 2.62. The Hall–Kier alpha value is -2.19. The molecule has 2 N–H and O–H groups in total. The molecule has 1 amide bonds. The maximum atomic E-state index is 12.3. The summed E-state index contributed by atoms with van der Waals surface area (Å²) in [7, 11) is -3.19. The molecule has 1 aromatic carbocycles. The minimum atomic E-state index is -3.19. The third-order valence-corrected chi connectivity index (χ3v) is 6.46. The average molecular weight is 391 g/mol. The van der Waals surface area contributed by atoms with E-state index in [-0.39, 0.29) is 17.4 Å². The van der Waals surface area contributed by atoms with Gasteiger partial charge in [0, 0.05) is 31.1 Å². The lowest BCUT2D eigenvalue weighted by molar-refractivity contribution is -0.126. The Kier molecular flexibility index (Phi) is 5.67. The van der Waals surface area contributed by atoms with E-state index in [2.05, 4.69) is 10.3 Å². The molecule has 1 fully saturated rings. The number of aromatic nitrogens is 1. The van der Waals surface area contributed by atoms with Crippen LogP contribution in [0.15, 0.2) is 29.1 Å². The Bertz CT molecular complexity index is 1010. The number of H-pyrrole nitrogens is 1. The van der Waals surface area contributed by atoms with E-state index >= 15 is 0 Å². The molecule has 1 aromatic heterocycles. The van der Waals surface area contributed by atoms with Gasteiger partial charge in [-0.25, -0.2) is 12.7 Å². The highest BCUT2D eigenvalue weighted by Gasteiger charge is 2.28. The van der Waals surface area contributed by atoms with Crippen molar-refractivity contribution in [3.63, 3.8) is 0 Å². The van der Waals surface area contributed by atoms with E-state index in [0.717, 1.165) is 16.5 Å². The SMILES string of the molecule is Cc1cccc2cc(CCNC(=O)C3CCN(S(C)(=O)=O)CC3)c(=O)[nH]c12. The zero-order valence-corrected chi connectivity index (χ0v) is 16.4. The van der Waals surface area contributed by atoms with Gasteiger partial charge in [-0.15, -0.1) is 0 Å². The normalized spacial score (nSPS) is 16.5. The molecule has 0 aliphatic carbocycles. The maximum absolute atomic E-state index is 12.3. The molecule has 1 aliphatic heterocycles. The van der Waals surface area contributed by atoms with Crippen molar-refractivity contribution < 1.29 is 13.2 Å². The summed E-state index contributed by atoms with van der Waals surface area (Å²) >= 11 is 0. The van der Waals surface area contributed by atoms with Gasteiger partial charge in [-0.05, 0) is 43.2 Å². The topological polar surface area (TPSA) is 99.3 Å². The number of piperidine rings is 1. The van der Waals surface area contributed by atoms with E-state index in [4.69, 9.17) is 0 Å². The van der Waals surface area contributed by atoms with Crippen molar-refractivity contribution >= 4 is 26.8 Å². The van der Waals surface area contributed by atoms with Crippen molar-refractivity contribution in [2.45, 2.75) is 26.2 Å². The van der Waals surface area contributed by atoms with Crippen LogP contribution in [-0.4, -0.2) is 49.5 Å². The van der Waals surface area contributed by atoms with Gasteiger partial charge >= 0.3 is 0 Å². The zero-order valence-electron chi connectivity index (χ0n) is 15.6. The lowest BCUT2D eigenvalue weighted by Crippen LogP contribution is -2.43. The van der Waals surface area contributed by atoms with Crippen molar-refractivity contribution in [2.24, 2.45) is 5.92 Å². The van der Waals surface area contributed by atoms with Crippen LogP contribution in [0.4, 0.5) is 0 Å². The second-order valence-electron chi connectivity index (χ2n) is 7.14. The van der Waals surface area contributed by atoms with Gasteiger partial charge in [-0.2, -0.15) is 0 Å². The fourth-order valence-electron chi connectivity index (χ4n) is 3.53. The molecule has 0 spiro atoms. The van der Waals surface area contributed by atoms with Crippen molar-refractivity contribution in [2.75, 3.05) is 25.9 Å². The highest BCUT2D eigenvalue weighted by Crippen LogP contribution is 2.19. The third kappa shape index (κ3) is 4.56. The Morgan fingerprint density at radius 2 is 2.00 bits per heavy atom. The first-order chi connectivity index (χ1) is 12.8. The highest BCUT2D eigenvalue weighted by molar-refractivity contribution is 7.88. The van der Waals surface area contributed by atoms with E-state index in [1.807, 2.05) is 31.2 Å². The molecule has 1 aliphatic rings. The Balaban J connectivity index is 1.56. The van der Waals surface area contributed by atoms with Crippen LogP contribution < -0.4 is 10.9 Å². The molecule has 0 radical (unpaired) electrons. The van der Waals surface area contributed by atoms with Gasteiger partial charge in [0.15, 0.2) is 0 Å². The summed E-state index contributed by atoms with van der Waals surface area (Å²) in [5.41, 5.74) is 2.37. The summed E-state index contributed by atoms with van der Waals surface area (Å²) in [6.07, 6.45) is 2.69. The first-order valence-corrected chi connectivity index (χ1v) is 10.9. The van der Waals surface area contributed by atoms with Gasteiger partial charge in [-0.1, -0.05) is 18.2 Å². The van der Waals surface area contributed by atoms with Gasteiger partial charge in [0.05, 0.1) is 11.8 Å². The molecule has 0 atom stereocenters. The summed E-state index contributed by atoms with van der Waals surface area (Å²) in [5.74, 6) is -0.253. The Morgan fingerprint density at radius 1 is 1.30 bits per heavy atom. The number of hydrogen-bond donors (Lipinski definition) is 2. The Labute approximate surface area is 158 Å². The number of carbonyl (C=O) groups excluding carboxylic acids is 1. The van der Waals surface area contributed by atoms with Crippen LogP contribution >= 0.6 is 0 Å². The van der Waals surface area contributed by atoms with Crippen LogP contribution in [0, 0.1) is 12.8 Å². The van der Waals surface area contributed by atoms with E-state index < -0.39 is 10.0 Å². The third-order valence-electron chi connectivity index (χ3n) is 5.15. The second kappa shape index (κ2) is 7.82. The molecule has 0 bridgehead atoms. The lowest BCUT2D eigenvalue weighted by atomic mass is 9.97. The largest absolute Gasteiger partial charge is 0.356 e. The van der Waals surface area contributed by atoms with Crippen LogP contribution in [-0.2, 0) is 21.2 Å². The van der Waals surface area contributed by atoms with Crippen molar-refractivity contribution in [1.29, 1.82) is 0 Å². The molecule has 3 rings (SSSR count). The highest BCUT2D eigenvalue weighted by atomic mass is 32.2. The lowest BCUT2D eigenvalue weighted by Gasteiger charge is -2.29. The number of benzene rings is 1.